The molecule has 1 radical (unpaired) electrons. The predicted molar refractivity (Wildman–Crippen MR) is 252 cm³/mol. The molecule has 0 spiro atoms. The van der Waals surface area contributed by atoms with Crippen molar-refractivity contribution in [1.29, 1.82) is 0 Å². The van der Waals surface area contributed by atoms with E-state index in [0.717, 1.165) is 55.9 Å². The first-order valence-electron chi connectivity index (χ1n) is 22.2. The number of aromatic nitrogens is 5. The van der Waals surface area contributed by atoms with E-state index in [1.165, 1.54) is 16.8 Å². The number of imidazole rings is 1. The molecule has 62 heavy (non-hydrogen) atoms. The quantitative estimate of drug-likeness (QED) is 0.149. The number of rotatable bonds is 7. The van der Waals surface area contributed by atoms with Gasteiger partial charge in [0.15, 0.2) is 0 Å². The van der Waals surface area contributed by atoms with Gasteiger partial charge in [0, 0.05) is 57.3 Å². The van der Waals surface area contributed by atoms with Crippen LogP contribution >= 0.6 is 0 Å². The maximum atomic E-state index is 8.68. The maximum absolute atomic E-state index is 8.68. The van der Waals surface area contributed by atoms with E-state index in [0.29, 0.717) is 34.2 Å². The molecule has 4 aromatic heterocycles. The SMILES string of the molecule is CC(C)c1cccc(C(C)C)c1-n1c(-c2[c-]cccc2)nc2ccccc21.[2H]C([2H])(c1ccnc(-c2[c-]ccc3c2oc2cc(-c4ccnc(C(C)(C)C)n4)ccc23)c1)C(C)(C)C.[Ir]. The van der Waals surface area contributed by atoms with Crippen LogP contribution in [0.4, 0.5) is 0 Å². The number of benzene rings is 5. The van der Waals surface area contributed by atoms with Gasteiger partial charge >= 0.3 is 0 Å². The minimum atomic E-state index is -1.52. The van der Waals surface area contributed by atoms with Gasteiger partial charge in [-0.3, -0.25) is 4.98 Å². The van der Waals surface area contributed by atoms with Gasteiger partial charge in [0.1, 0.15) is 11.4 Å². The third-order valence-electron chi connectivity index (χ3n) is 10.7. The van der Waals surface area contributed by atoms with Crippen molar-refractivity contribution < 1.29 is 27.3 Å². The van der Waals surface area contributed by atoms with Crippen LogP contribution in [-0.4, -0.2) is 24.5 Å². The van der Waals surface area contributed by atoms with Gasteiger partial charge in [-0.2, -0.15) is 0 Å². The summed E-state index contributed by atoms with van der Waals surface area (Å²) in [7, 11) is 0. The average Bonchev–Trinajstić information content (AvgIpc) is 3.84. The Bertz CT molecular complexity index is 3060. The van der Waals surface area contributed by atoms with E-state index in [4.69, 9.17) is 17.1 Å². The van der Waals surface area contributed by atoms with Gasteiger partial charge in [-0.05, 0) is 70.8 Å². The van der Waals surface area contributed by atoms with Crippen molar-refractivity contribution >= 4 is 33.0 Å². The van der Waals surface area contributed by atoms with E-state index in [2.05, 4.69) is 136 Å². The minimum Gasteiger partial charge on any atom is -0.501 e. The van der Waals surface area contributed by atoms with Crippen molar-refractivity contribution in [2.24, 2.45) is 5.41 Å². The fourth-order valence-electron chi connectivity index (χ4n) is 7.79. The molecule has 9 aromatic rings. The summed E-state index contributed by atoms with van der Waals surface area (Å²) in [5.74, 6) is 2.59. The molecule has 0 unspecified atom stereocenters. The Morgan fingerprint density at radius 2 is 1.42 bits per heavy atom. The van der Waals surface area contributed by atoms with Gasteiger partial charge in [0.2, 0.25) is 0 Å². The third-order valence-corrected chi connectivity index (χ3v) is 10.7. The fourth-order valence-corrected chi connectivity index (χ4v) is 7.79. The van der Waals surface area contributed by atoms with Crippen molar-refractivity contribution in [3.8, 4) is 39.6 Å². The molecule has 0 N–H and O–H groups in total. The molecule has 317 valence electrons. The predicted octanol–water partition coefficient (Wildman–Crippen LogP) is 14.5. The molecule has 0 aliphatic rings. The molecule has 6 nitrogen and oxygen atoms in total. The van der Waals surface area contributed by atoms with Crippen LogP contribution < -0.4 is 0 Å². The van der Waals surface area contributed by atoms with Gasteiger partial charge in [-0.15, -0.1) is 54.1 Å². The van der Waals surface area contributed by atoms with Crippen LogP contribution in [0, 0.1) is 17.5 Å². The molecule has 5 aromatic carbocycles. The van der Waals surface area contributed by atoms with Crippen LogP contribution in [0.3, 0.4) is 0 Å². The van der Waals surface area contributed by atoms with Gasteiger partial charge in [0.25, 0.3) is 0 Å². The molecule has 0 saturated heterocycles. The van der Waals surface area contributed by atoms with E-state index < -0.39 is 11.8 Å². The smallest absolute Gasteiger partial charge is 0.134 e. The number of hydrogen-bond donors (Lipinski definition) is 0. The number of hydrogen-bond acceptors (Lipinski definition) is 5. The Labute approximate surface area is 383 Å². The van der Waals surface area contributed by atoms with Crippen molar-refractivity contribution in [2.75, 3.05) is 0 Å². The summed E-state index contributed by atoms with van der Waals surface area (Å²) in [5.41, 5.74) is 11.6. The van der Waals surface area contributed by atoms with Crippen LogP contribution in [0.15, 0.2) is 132 Å². The molecule has 4 heterocycles. The molecular weight excluding hydrogens is 939 g/mol. The second kappa shape index (κ2) is 17.9. The van der Waals surface area contributed by atoms with Crippen molar-refractivity contribution in [2.45, 2.75) is 92.9 Å². The number of furan rings is 1. The molecular formula is C55H55IrN5O-2. The van der Waals surface area contributed by atoms with Crippen LogP contribution in [0.5, 0.6) is 0 Å². The van der Waals surface area contributed by atoms with E-state index in [9.17, 15) is 0 Å². The van der Waals surface area contributed by atoms with Gasteiger partial charge < -0.3 is 14.0 Å². The number of pyridine rings is 1. The van der Waals surface area contributed by atoms with Crippen LogP contribution in [0.1, 0.15) is 106 Å². The summed E-state index contributed by atoms with van der Waals surface area (Å²) >= 11 is 0. The zero-order valence-electron chi connectivity index (χ0n) is 39.3. The molecule has 9 rings (SSSR count). The molecule has 0 fully saturated rings. The van der Waals surface area contributed by atoms with E-state index >= 15 is 0 Å². The van der Waals surface area contributed by atoms with Crippen molar-refractivity contribution in [3.05, 3.63) is 162 Å². The largest absolute Gasteiger partial charge is 0.501 e. The second-order valence-corrected chi connectivity index (χ2v) is 18.4. The normalized spacial score (nSPS) is 12.6. The van der Waals surface area contributed by atoms with Crippen LogP contribution in [0.2, 0.25) is 0 Å². The molecule has 0 amide bonds. The maximum Gasteiger partial charge on any atom is 0.134 e. The van der Waals surface area contributed by atoms with Crippen molar-refractivity contribution in [3.63, 3.8) is 0 Å². The van der Waals surface area contributed by atoms with Gasteiger partial charge in [0.05, 0.1) is 28.1 Å². The fraction of sp³-hybridized carbons (Fsp3) is 0.273. The van der Waals surface area contributed by atoms with Crippen molar-refractivity contribution in [1.82, 2.24) is 24.5 Å². The summed E-state index contributed by atoms with van der Waals surface area (Å²) < 4.78 is 26.1. The first-order chi connectivity index (χ1) is 29.9. The molecule has 0 saturated carbocycles. The molecule has 0 bridgehead atoms. The first-order valence-corrected chi connectivity index (χ1v) is 21.2. The standard InChI is InChI=1S/C30H30N3O.C25H25N2.Ir/c1-29(2,3)18-19-12-14-31-25(16-19)23-9-7-8-22-21-11-10-20(17-26(21)34-27(22)23)24-13-15-32-28(33-24)30(4,5)6;1-17(2)20-13-10-14-21(18(3)4)24(20)27-23-16-9-8-15-22(23)26-25(27)19-11-6-5-7-12-19;/h7-8,10-17H,18H2,1-6H3;5-11,13-18H,1-4H3;/q2*-1;/i18D2;;. The topological polar surface area (TPSA) is 69.6 Å². The molecule has 0 atom stereocenters. The Morgan fingerprint density at radius 3 is 2.11 bits per heavy atom. The number of fused-ring (bicyclic) bond motifs is 4. The first kappa shape index (κ1) is 41.6. The summed E-state index contributed by atoms with van der Waals surface area (Å²) in [6.45, 7) is 21.0. The van der Waals surface area contributed by atoms with E-state index in [1.807, 2.05) is 69.3 Å². The Morgan fingerprint density at radius 1 is 0.694 bits per heavy atom. The van der Waals surface area contributed by atoms with Crippen LogP contribution in [-0.2, 0) is 31.9 Å². The second-order valence-electron chi connectivity index (χ2n) is 18.4. The molecule has 7 heteroatoms. The zero-order valence-corrected chi connectivity index (χ0v) is 39.7. The summed E-state index contributed by atoms with van der Waals surface area (Å²) in [6.07, 6.45) is 1.93. The minimum absolute atomic E-state index is 0. The Balaban J connectivity index is 0.000000196. The average molecular weight is 996 g/mol. The summed E-state index contributed by atoms with van der Waals surface area (Å²) in [6, 6.07) is 45.3. The Kier molecular flexibility index (Phi) is 12.0. The molecule has 0 aliphatic carbocycles. The molecule has 0 aliphatic heterocycles. The third kappa shape index (κ3) is 9.21. The Hall–Kier alpha value is -5.75. The summed E-state index contributed by atoms with van der Waals surface area (Å²) in [4.78, 5) is 18.8. The number of nitrogens with zero attached hydrogens (tertiary/aromatic N) is 5. The van der Waals surface area contributed by atoms with Gasteiger partial charge in [-0.1, -0.05) is 134 Å². The number of para-hydroxylation sites is 3. The van der Waals surface area contributed by atoms with E-state index in [1.54, 1.807) is 18.5 Å². The van der Waals surface area contributed by atoms with Crippen LogP contribution in [0.25, 0.3) is 72.6 Å². The van der Waals surface area contributed by atoms with E-state index in [-0.39, 0.29) is 25.5 Å². The van der Waals surface area contributed by atoms with Gasteiger partial charge in [-0.25, -0.2) is 9.97 Å². The summed E-state index contributed by atoms with van der Waals surface area (Å²) in [5, 5.41) is 1.96. The zero-order chi connectivity index (χ0) is 44.8. The monoisotopic (exact) mass is 996 g/mol.